The lowest BCUT2D eigenvalue weighted by Gasteiger charge is -2.37. The topological polar surface area (TPSA) is 99.0 Å². The Morgan fingerprint density at radius 2 is 2.00 bits per heavy atom. The van der Waals surface area contributed by atoms with Crippen LogP contribution in [0.15, 0.2) is 9.21 Å². The van der Waals surface area contributed by atoms with Crippen molar-refractivity contribution < 1.29 is 26.8 Å². The van der Waals surface area contributed by atoms with Crippen molar-refractivity contribution in [3.63, 3.8) is 0 Å². The summed E-state index contributed by atoms with van der Waals surface area (Å²) < 4.78 is 57.3. The van der Waals surface area contributed by atoms with E-state index in [4.69, 9.17) is 0 Å². The Bertz CT molecular complexity index is 926. The smallest absolute Gasteiger partial charge is 0.415 e. The molecule has 0 radical (unpaired) electrons. The second-order valence-corrected chi connectivity index (χ2v) is 6.47. The summed E-state index contributed by atoms with van der Waals surface area (Å²) in [6.45, 7) is -0.454. The highest BCUT2D eigenvalue weighted by Crippen LogP contribution is 2.28. The summed E-state index contributed by atoms with van der Waals surface area (Å²) >= 11 is 0. The predicted octanol–water partition coefficient (Wildman–Crippen LogP) is 0.553. The Kier molecular flexibility index (Phi) is 4.03. The van der Waals surface area contributed by atoms with Gasteiger partial charge in [-0.1, -0.05) is 0 Å². The van der Waals surface area contributed by atoms with Crippen molar-refractivity contribution >= 4 is 5.91 Å². The number of likely N-dealkylation sites (tertiary alicyclic amines) is 1. The van der Waals surface area contributed by atoms with Gasteiger partial charge < -0.3 is 9.32 Å². The molecule has 9 nitrogen and oxygen atoms in total. The van der Waals surface area contributed by atoms with Gasteiger partial charge in [0.05, 0.1) is 13.1 Å². The first-order chi connectivity index (χ1) is 12.7. The van der Waals surface area contributed by atoms with Crippen molar-refractivity contribution in [2.75, 3.05) is 13.1 Å². The fourth-order valence-corrected chi connectivity index (χ4v) is 3.24. The number of hydrogen-bond donors (Lipinski definition) is 0. The molecule has 1 unspecified atom stereocenters. The van der Waals surface area contributed by atoms with Crippen molar-refractivity contribution in [1.29, 1.82) is 0 Å². The van der Waals surface area contributed by atoms with E-state index in [1.54, 1.807) is 0 Å². The first-order valence-corrected chi connectivity index (χ1v) is 8.24. The van der Waals surface area contributed by atoms with Crippen molar-refractivity contribution in [1.82, 2.24) is 29.4 Å². The van der Waals surface area contributed by atoms with E-state index < -0.39 is 42.4 Å². The summed E-state index contributed by atoms with van der Waals surface area (Å²) in [7, 11) is 0. The summed E-state index contributed by atoms with van der Waals surface area (Å²) in [6, 6.07) is -0.795. The molecule has 4 heterocycles. The molecular weight excluding hydrogens is 376 g/mol. The fourth-order valence-electron chi connectivity index (χ4n) is 3.24. The van der Waals surface area contributed by atoms with Crippen LogP contribution in [0.5, 0.6) is 0 Å². The van der Waals surface area contributed by atoms with E-state index in [1.807, 2.05) is 0 Å². The highest BCUT2D eigenvalue weighted by atomic mass is 19.4. The third kappa shape index (κ3) is 3.10. The summed E-state index contributed by atoms with van der Waals surface area (Å²) in [5, 5.41) is 10.3. The molecular formula is C14H14F4N6O3. The molecule has 2 aliphatic rings. The molecule has 0 saturated carbocycles. The van der Waals surface area contributed by atoms with Crippen molar-refractivity contribution in [2.24, 2.45) is 0 Å². The molecule has 2 aromatic rings. The highest BCUT2D eigenvalue weighted by Gasteiger charge is 2.40. The lowest BCUT2D eigenvalue weighted by Crippen LogP contribution is -2.54. The maximum atomic E-state index is 13.0. The van der Waals surface area contributed by atoms with Crippen LogP contribution < -0.4 is 5.69 Å². The molecule has 146 valence electrons. The van der Waals surface area contributed by atoms with Crippen LogP contribution in [0, 0.1) is 0 Å². The minimum Gasteiger partial charge on any atom is -0.415 e. The van der Waals surface area contributed by atoms with Crippen LogP contribution in [0.25, 0.3) is 0 Å². The number of hydrogen-bond acceptors (Lipinski definition) is 6. The van der Waals surface area contributed by atoms with Crippen LogP contribution in [0.4, 0.5) is 17.6 Å². The van der Waals surface area contributed by atoms with Crippen LogP contribution >= 0.6 is 0 Å². The number of aryl methyl sites for hydroxylation is 1. The number of carbonyl (C=O) groups excluding carboxylic acids is 1. The number of nitrogens with zero attached hydrogens (tertiary/aromatic N) is 6. The molecule has 4 rings (SSSR count). The largest absolute Gasteiger partial charge is 0.470 e. The van der Waals surface area contributed by atoms with Gasteiger partial charge in [0, 0.05) is 6.42 Å². The zero-order valence-electron chi connectivity index (χ0n) is 13.8. The number of aromatic nitrogens is 5. The molecule has 0 bridgehead atoms. The van der Waals surface area contributed by atoms with Crippen LogP contribution in [0.2, 0.25) is 0 Å². The Labute approximate surface area is 148 Å². The number of rotatable bonds is 3. The van der Waals surface area contributed by atoms with Gasteiger partial charge in [0.1, 0.15) is 24.6 Å². The molecule has 1 saturated heterocycles. The first-order valence-electron chi connectivity index (χ1n) is 8.24. The molecule has 0 aliphatic carbocycles. The third-order valence-electron chi connectivity index (χ3n) is 4.56. The van der Waals surface area contributed by atoms with E-state index in [-0.39, 0.29) is 19.0 Å². The minimum absolute atomic E-state index is 0.00421. The molecule has 0 spiro atoms. The average molecular weight is 390 g/mol. The fraction of sp³-hybridized carbons (Fsp3) is 0.643. The van der Waals surface area contributed by atoms with Crippen LogP contribution in [-0.4, -0.2) is 54.6 Å². The number of alkyl halides is 4. The Balaban J connectivity index is 1.59. The van der Waals surface area contributed by atoms with E-state index in [1.165, 1.54) is 9.47 Å². The second kappa shape index (κ2) is 6.16. The monoisotopic (exact) mass is 390 g/mol. The first kappa shape index (κ1) is 17.7. The Morgan fingerprint density at radius 1 is 1.26 bits per heavy atom. The summed E-state index contributed by atoms with van der Waals surface area (Å²) in [5.74, 6) is -1.95. The summed E-state index contributed by atoms with van der Waals surface area (Å²) in [4.78, 5) is 26.5. The van der Waals surface area contributed by atoms with Gasteiger partial charge in [-0.25, -0.2) is 13.9 Å². The van der Waals surface area contributed by atoms with Gasteiger partial charge in [-0.05, 0) is 12.8 Å². The maximum absolute atomic E-state index is 13.0. The predicted molar refractivity (Wildman–Crippen MR) is 78.3 cm³/mol. The quantitative estimate of drug-likeness (QED) is 0.710. The average Bonchev–Trinajstić information content (AvgIpc) is 3.17. The third-order valence-corrected chi connectivity index (χ3v) is 4.56. The Hall–Kier alpha value is -2.73. The van der Waals surface area contributed by atoms with Gasteiger partial charge in [-0.2, -0.15) is 18.3 Å². The van der Waals surface area contributed by atoms with Crippen molar-refractivity contribution in [2.45, 2.75) is 44.2 Å². The number of fused-ring (bicyclic) bond motifs is 1. The van der Waals surface area contributed by atoms with Crippen LogP contribution in [0.1, 0.15) is 36.5 Å². The molecule has 0 aromatic carbocycles. The van der Waals surface area contributed by atoms with Gasteiger partial charge in [-0.3, -0.25) is 9.36 Å². The van der Waals surface area contributed by atoms with Gasteiger partial charge in [0.15, 0.2) is 0 Å². The zero-order valence-corrected chi connectivity index (χ0v) is 13.8. The van der Waals surface area contributed by atoms with E-state index in [2.05, 4.69) is 19.7 Å². The Morgan fingerprint density at radius 3 is 2.63 bits per heavy atom. The molecule has 1 atom stereocenters. The van der Waals surface area contributed by atoms with Crippen LogP contribution in [0.3, 0.4) is 0 Å². The normalized spacial score (nSPS) is 20.4. The van der Waals surface area contributed by atoms with Gasteiger partial charge in [-0.15, -0.1) is 10.2 Å². The molecule has 0 N–H and O–H groups in total. The zero-order chi connectivity index (χ0) is 19.3. The second-order valence-electron chi connectivity index (χ2n) is 6.47. The standard InChI is InChI=1S/C14H14F4N6O3/c15-7-4-22(5-7)11(25)8-2-1-3-9-21-23(13(26)24(8)9)6-10-19-20-12(27-10)14(16,17)18/h7-8H,1-6H2. The van der Waals surface area contributed by atoms with Gasteiger partial charge in [0.2, 0.25) is 11.8 Å². The lowest BCUT2D eigenvalue weighted by molar-refractivity contribution is -0.157. The molecule has 2 aromatic heterocycles. The SMILES string of the molecule is O=C(C1CCCc2nn(Cc3nnc(C(F)(F)F)o3)c(=O)n21)N1CC(F)C1. The minimum atomic E-state index is -4.79. The summed E-state index contributed by atoms with van der Waals surface area (Å²) in [6.07, 6.45) is -4.39. The molecule has 1 fully saturated rings. The lowest BCUT2D eigenvalue weighted by atomic mass is 10.0. The highest BCUT2D eigenvalue weighted by molar-refractivity contribution is 5.81. The van der Waals surface area contributed by atoms with Crippen LogP contribution in [-0.2, 0) is 23.9 Å². The summed E-state index contributed by atoms with van der Waals surface area (Å²) in [5.41, 5.74) is -0.660. The van der Waals surface area contributed by atoms with E-state index in [0.717, 1.165) is 4.68 Å². The van der Waals surface area contributed by atoms with E-state index in [0.29, 0.717) is 25.1 Å². The number of halogens is 4. The maximum Gasteiger partial charge on any atom is 0.470 e. The van der Waals surface area contributed by atoms with Crippen molar-refractivity contribution in [3.8, 4) is 0 Å². The van der Waals surface area contributed by atoms with E-state index >= 15 is 0 Å². The number of amides is 1. The van der Waals surface area contributed by atoms with Gasteiger partial charge >= 0.3 is 17.8 Å². The van der Waals surface area contributed by atoms with Crippen molar-refractivity contribution in [3.05, 3.63) is 28.1 Å². The molecule has 27 heavy (non-hydrogen) atoms. The number of carbonyl (C=O) groups is 1. The van der Waals surface area contributed by atoms with E-state index in [9.17, 15) is 27.2 Å². The molecule has 13 heteroatoms. The molecule has 2 aliphatic heterocycles. The molecule has 1 amide bonds. The van der Waals surface area contributed by atoms with Gasteiger partial charge in [0.25, 0.3) is 0 Å².